The number of hydrogen-bond acceptors (Lipinski definition) is 5. The van der Waals surface area contributed by atoms with Crippen LogP contribution >= 0.6 is 0 Å². The van der Waals surface area contributed by atoms with E-state index in [1.807, 2.05) is 27.7 Å². The molecule has 0 aromatic rings. The average Bonchev–Trinajstić information content (AvgIpc) is 2.43. The van der Waals surface area contributed by atoms with E-state index in [4.69, 9.17) is 4.74 Å². The largest absolute Gasteiger partial charge is 0.444 e. The summed E-state index contributed by atoms with van der Waals surface area (Å²) in [6, 6.07) is 0. The molecule has 1 heterocycles. The van der Waals surface area contributed by atoms with E-state index in [9.17, 15) is 9.59 Å². The van der Waals surface area contributed by atoms with Crippen molar-refractivity contribution in [3.63, 3.8) is 0 Å². The van der Waals surface area contributed by atoms with Crippen LogP contribution in [0.2, 0.25) is 0 Å². The lowest BCUT2D eigenvalue weighted by Gasteiger charge is -2.29. The molecule has 0 fully saturated rings. The standard InChI is InChI=1S/C15H28N4O3/c1-5-7-18-13(20)6-8-16-12-11-19(10-9-17-12)14(21)22-15(2,3)4/h5-11H2,1-4H3,(H,16,17)(H,18,20). The first-order valence-corrected chi connectivity index (χ1v) is 7.83. The lowest BCUT2D eigenvalue weighted by molar-refractivity contribution is -0.120. The van der Waals surface area contributed by atoms with Gasteiger partial charge in [-0.1, -0.05) is 6.92 Å². The first kappa shape index (κ1) is 18.3. The summed E-state index contributed by atoms with van der Waals surface area (Å²) in [5, 5.41) is 5.94. The predicted octanol–water partition coefficient (Wildman–Crippen LogP) is 1.14. The van der Waals surface area contributed by atoms with Gasteiger partial charge in [-0.3, -0.25) is 14.7 Å². The summed E-state index contributed by atoms with van der Waals surface area (Å²) >= 11 is 0. The van der Waals surface area contributed by atoms with Crippen molar-refractivity contribution in [3.8, 4) is 0 Å². The van der Waals surface area contributed by atoms with Crippen molar-refractivity contribution in [1.29, 1.82) is 0 Å². The number of amidine groups is 1. The fraction of sp³-hybridized carbons (Fsp3) is 0.800. The zero-order valence-corrected chi connectivity index (χ0v) is 14.1. The van der Waals surface area contributed by atoms with Crippen LogP contribution in [0.1, 0.15) is 40.5 Å². The topological polar surface area (TPSA) is 83.0 Å². The molecular weight excluding hydrogens is 284 g/mol. The minimum Gasteiger partial charge on any atom is -0.444 e. The van der Waals surface area contributed by atoms with E-state index in [-0.39, 0.29) is 12.0 Å². The molecule has 1 aliphatic heterocycles. The van der Waals surface area contributed by atoms with Crippen molar-refractivity contribution >= 4 is 17.8 Å². The van der Waals surface area contributed by atoms with Crippen LogP contribution in [0.5, 0.6) is 0 Å². The van der Waals surface area contributed by atoms with Crippen LogP contribution in [0.4, 0.5) is 4.79 Å². The van der Waals surface area contributed by atoms with Crippen LogP contribution in [0.25, 0.3) is 0 Å². The van der Waals surface area contributed by atoms with Gasteiger partial charge in [-0.2, -0.15) is 0 Å². The first-order valence-electron chi connectivity index (χ1n) is 7.83. The highest BCUT2D eigenvalue weighted by molar-refractivity contribution is 5.88. The number of aliphatic imine (C=N–C) groups is 1. The Morgan fingerprint density at radius 1 is 1.32 bits per heavy atom. The molecule has 0 unspecified atom stereocenters. The lowest BCUT2D eigenvalue weighted by Crippen LogP contribution is -2.47. The normalized spacial score (nSPS) is 15.1. The summed E-state index contributed by atoms with van der Waals surface area (Å²) in [6.45, 7) is 10.3. The Bertz CT molecular complexity index is 416. The molecular formula is C15H28N4O3. The maximum absolute atomic E-state index is 12.0. The van der Waals surface area contributed by atoms with E-state index < -0.39 is 5.60 Å². The molecule has 0 spiro atoms. The number of rotatable bonds is 5. The molecule has 0 bridgehead atoms. The van der Waals surface area contributed by atoms with E-state index in [0.717, 1.165) is 12.3 Å². The summed E-state index contributed by atoms with van der Waals surface area (Å²) in [4.78, 5) is 29.5. The third-order valence-electron chi connectivity index (χ3n) is 2.92. The van der Waals surface area contributed by atoms with Crippen LogP contribution in [0, 0.1) is 0 Å². The molecule has 1 rings (SSSR count). The molecule has 0 atom stereocenters. The van der Waals surface area contributed by atoms with E-state index in [2.05, 4.69) is 15.6 Å². The van der Waals surface area contributed by atoms with Gasteiger partial charge in [0.25, 0.3) is 0 Å². The molecule has 0 saturated heterocycles. The number of amides is 2. The van der Waals surface area contributed by atoms with Gasteiger partial charge >= 0.3 is 6.09 Å². The van der Waals surface area contributed by atoms with Crippen LogP contribution in [0.15, 0.2) is 4.99 Å². The Labute approximate surface area is 132 Å². The molecule has 1 aliphatic rings. The zero-order chi connectivity index (χ0) is 16.6. The molecule has 0 aromatic carbocycles. The maximum Gasteiger partial charge on any atom is 0.410 e. The molecule has 126 valence electrons. The summed E-state index contributed by atoms with van der Waals surface area (Å²) in [5.74, 6) is 0.746. The molecule has 0 aliphatic carbocycles. The Morgan fingerprint density at radius 3 is 2.68 bits per heavy atom. The Balaban J connectivity index is 2.33. The van der Waals surface area contributed by atoms with E-state index >= 15 is 0 Å². The Morgan fingerprint density at radius 2 is 2.05 bits per heavy atom. The van der Waals surface area contributed by atoms with Crippen molar-refractivity contribution < 1.29 is 14.3 Å². The van der Waals surface area contributed by atoms with Crippen molar-refractivity contribution in [2.45, 2.75) is 46.1 Å². The lowest BCUT2D eigenvalue weighted by atomic mass is 10.2. The number of carbonyl (C=O) groups excluding carboxylic acids is 2. The number of ether oxygens (including phenoxy) is 1. The summed E-state index contributed by atoms with van der Waals surface area (Å²) in [5.41, 5.74) is -0.503. The maximum atomic E-state index is 12.0. The minimum absolute atomic E-state index is 0.0229. The van der Waals surface area contributed by atoms with Crippen LogP contribution in [0.3, 0.4) is 0 Å². The molecule has 7 heteroatoms. The highest BCUT2D eigenvalue weighted by atomic mass is 16.6. The molecule has 22 heavy (non-hydrogen) atoms. The zero-order valence-electron chi connectivity index (χ0n) is 14.1. The SMILES string of the molecule is CCCNC(=O)CCNC1=NCCN(C(=O)OC(C)(C)C)C1. The van der Waals surface area contributed by atoms with E-state index in [1.165, 1.54) is 0 Å². The van der Waals surface area contributed by atoms with Gasteiger partial charge in [0.05, 0.1) is 13.1 Å². The van der Waals surface area contributed by atoms with Gasteiger partial charge in [-0.05, 0) is 27.2 Å². The van der Waals surface area contributed by atoms with Crippen molar-refractivity contribution in [1.82, 2.24) is 15.5 Å². The van der Waals surface area contributed by atoms with Crippen LogP contribution in [-0.4, -0.2) is 61.1 Å². The van der Waals surface area contributed by atoms with E-state index in [1.54, 1.807) is 4.90 Å². The highest BCUT2D eigenvalue weighted by Crippen LogP contribution is 2.10. The highest BCUT2D eigenvalue weighted by Gasteiger charge is 2.24. The Kier molecular flexibility index (Phi) is 7.14. The second-order valence-corrected chi connectivity index (χ2v) is 6.26. The van der Waals surface area contributed by atoms with Crippen molar-refractivity contribution in [3.05, 3.63) is 0 Å². The number of nitrogens with zero attached hydrogens (tertiary/aromatic N) is 2. The fourth-order valence-corrected chi connectivity index (χ4v) is 1.88. The van der Waals surface area contributed by atoms with Gasteiger partial charge in [0.2, 0.25) is 5.91 Å². The molecule has 0 radical (unpaired) electrons. The fourth-order valence-electron chi connectivity index (χ4n) is 1.88. The smallest absolute Gasteiger partial charge is 0.410 e. The molecule has 0 aromatic heterocycles. The van der Waals surface area contributed by atoms with Crippen molar-refractivity contribution in [2.24, 2.45) is 4.99 Å². The monoisotopic (exact) mass is 312 g/mol. The summed E-state index contributed by atoms with van der Waals surface area (Å²) < 4.78 is 5.35. The Hall–Kier alpha value is -1.79. The van der Waals surface area contributed by atoms with E-state index in [0.29, 0.717) is 39.1 Å². The average molecular weight is 312 g/mol. The molecule has 2 amide bonds. The second kappa shape index (κ2) is 8.60. The number of carbonyl (C=O) groups is 2. The number of nitrogens with one attached hydrogen (secondary N) is 2. The molecule has 7 nitrogen and oxygen atoms in total. The predicted molar refractivity (Wildman–Crippen MR) is 86.0 cm³/mol. The summed E-state index contributed by atoms with van der Waals surface area (Å²) in [6.07, 6.45) is 0.990. The third kappa shape index (κ3) is 7.28. The van der Waals surface area contributed by atoms with Gasteiger partial charge in [0.1, 0.15) is 11.4 Å². The second-order valence-electron chi connectivity index (χ2n) is 6.26. The molecule has 2 N–H and O–H groups in total. The molecule has 0 saturated carbocycles. The van der Waals surface area contributed by atoms with Gasteiger partial charge in [0, 0.05) is 26.1 Å². The van der Waals surface area contributed by atoms with Crippen LogP contribution < -0.4 is 10.6 Å². The van der Waals surface area contributed by atoms with Crippen LogP contribution in [-0.2, 0) is 9.53 Å². The number of hydrogen-bond donors (Lipinski definition) is 2. The van der Waals surface area contributed by atoms with Gasteiger partial charge in [-0.15, -0.1) is 0 Å². The third-order valence-corrected chi connectivity index (χ3v) is 2.92. The van der Waals surface area contributed by atoms with Gasteiger partial charge in [0.15, 0.2) is 0 Å². The first-order chi connectivity index (χ1) is 10.3. The van der Waals surface area contributed by atoms with Gasteiger partial charge < -0.3 is 15.4 Å². The summed E-state index contributed by atoms with van der Waals surface area (Å²) in [7, 11) is 0. The minimum atomic E-state index is -0.503. The quantitative estimate of drug-likeness (QED) is 0.797. The van der Waals surface area contributed by atoms with Gasteiger partial charge in [-0.25, -0.2) is 4.79 Å². The van der Waals surface area contributed by atoms with Crippen molar-refractivity contribution in [2.75, 3.05) is 32.7 Å².